The van der Waals surface area contributed by atoms with Gasteiger partial charge in [0.2, 0.25) is 0 Å². The zero-order valence-corrected chi connectivity index (χ0v) is 10.3. The summed E-state index contributed by atoms with van der Waals surface area (Å²) in [6.45, 7) is 2.08. The third-order valence-corrected chi connectivity index (χ3v) is 3.70. The number of aromatic hydroxyl groups is 1. The molecule has 3 N–H and O–H groups in total. The number of hydrogen-bond donors (Lipinski definition) is 3. The van der Waals surface area contributed by atoms with Crippen LogP contribution in [0.4, 0.5) is 0 Å². The summed E-state index contributed by atoms with van der Waals surface area (Å²) in [5, 5.41) is 22.5. The third-order valence-electron chi connectivity index (χ3n) is 3.70. The van der Waals surface area contributed by atoms with Gasteiger partial charge in [-0.15, -0.1) is 0 Å². The highest BCUT2D eigenvalue weighted by molar-refractivity contribution is 5.31. The van der Waals surface area contributed by atoms with Crippen molar-refractivity contribution < 1.29 is 10.2 Å². The first-order valence-corrected chi connectivity index (χ1v) is 6.32. The number of phenolic OH excluding ortho intramolecular Hbond substituents is 1. The molecule has 0 bridgehead atoms. The van der Waals surface area contributed by atoms with Crippen molar-refractivity contribution in [2.24, 2.45) is 0 Å². The summed E-state index contributed by atoms with van der Waals surface area (Å²) >= 11 is 0. The Kier molecular flexibility index (Phi) is 3.69. The Labute approximate surface area is 102 Å². The van der Waals surface area contributed by atoms with Crippen molar-refractivity contribution in [2.45, 2.75) is 44.2 Å². The first kappa shape index (κ1) is 12.4. The molecule has 3 heteroatoms. The summed E-state index contributed by atoms with van der Waals surface area (Å²) < 4.78 is 0. The van der Waals surface area contributed by atoms with Gasteiger partial charge < -0.3 is 15.5 Å². The molecule has 1 aliphatic rings. The summed E-state index contributed by atoms with van der Waals surface area (Å²) in [6.07, 6.45) is 4.92. The first-order valence-electron chi connectivity index (χ1n) is 6.32. The highest BCUT2D eigenvalue weighted by Crippen LogP contribution is 2.27. The van der Waals surface area contributed by atoms with E-state index >= 15 is 0 Å². The highest BCUT2D eigenvalue weighted by Gasteiger charge is 2.29. The lowest BCUT2D eigenvalue weighted by Gasteiger charge is -2.33. The molecule has 1 aromatic carbocycles. The average molecular weight is 235 g/mol. The van der Waals surface area contributed by atoms with Crippen molar-refractivity contribution in [3.8, 4) is 5.75 Å². The fraction of sp³-hybridized carbons (Fsp3) is 0.571. The van der Waals surface area contributed by atoms with Crippen LogP contribution < -0.4 is 5.32 Å². The maximum absolute atomic E-state index is 9.64. The number of aliphatic hydroxyl groups is 1. The lowest BCUT2D eigenvalue weighted by molar-refractivity contribution is 0.161. The molecule has 0 heterocycles. The summed E-state index contributed by atoms with van der Waals surface area (Å²) in [6, 6.07) is 7.57. The number of rotatable bonds is 4. The molecular formula is C14H21NO2. The minimum Gasteiger partial charge on any atom is -0.508 e. The molecule has 1 aromatic rings. The van der Waals surface area contributed by atoms with Crippen LogP contribution >= 0.6 is 0 Å². The van der Waals surface area contributed by atoms with Gasteiger partial charge in [0.25, 0.3) is 0 Å². The number of nitrogens with one attached hydrogen (secondary N) is 1. The Hall–Kier alpha value is -1.06. The van der Waals surface area contributed by atoms with E-state index in [-0.39, 0.29) is 12.4 Å². The fourth-order valence-electron chi connectivity index (χ4n) is 2.57. The standard InChI is InChI=1S/C14H21NO2/c1-14(10-16,15-12-4-2-3-5-12)11-6-8-13(17)9-7-11/h6-9,12,15-17H,2-5,10H2,1H3. The van der Waals surface area contributed by atoms with E-state index < -0.39 is 5.54 Å². The largest absolute Gasteiger partial charge is 0.508 e. The van der Waals surface area contributed by atoms with Crippen LogP contribution in [-0.2, 0) is 5.54 Å². The monoisotopic (exact) mass is 235 g/mol. The zero-order valence-electron chi connectivity index (χ0n) is 10.3. The molecule has 3 nitrogen and oxygen atoms in total. The molecule has 0 aliphatic heterocycles. The van der Waals surface area contributed by atoms with Gasteiger partial charge in [-0.25, -0.2) is 0 Å². The van der Waals surface area contributed by atoms with Gasteiger partial charge in [-0.2, -0.15) is 0 Å². The van der Waals surface area contributed by atoms with Gasteiger partial charge in [0.15, 0.2) is 0 Å². The summed E-state index contributed by atoms with van der Waals surface area (Å²) in [5.74, 6) is 0.259. The van der Waals surface area contributed by atoms with Crippen molar-refractivity contribution in [1.82, 2.24) is 5.32 Å². The molecule has 2 rings (SSSR count). The van der Waals surface area contributed by atoms with Gasteiger partial charge in [0.1, 0.15) is 5.75 Å². The number of benzene rings is 1. The Bertz CT molecular complexity index is 357. The van der Waals surface area contributed by atoms with Crippen molar-refractivity contribution in [3.05, 3.63) is 29.8 Å². The molecule has 1 atom stereocenters. The second-order valence-electron chi connectivity index (χ2n) is 5.16. The zero-order chi connectivity index (χ0) is 12.3. The predicted molar refractivity (Wildman–Crippen MR) is 67.9 cm³/mol. The van der Waals surface area contributed by atoms with Crippen LogP contribution in [-0.4, -0.2) is 22.9 Å². The van der Waals surface area contributed by atoms with E-state index in [0.29, 0.717) is 6.04 Å². The molecule has 1 saturated carbocycles. The van der Waals surface area contributed by atoms with Crippen LogP contribution in [0.1, 0.15) is 38.2 Å². The minimum absolute atomic E-state index is 0.0638. The van der Waals surface area contributed by atoms with E-state index in [2.05, 4.69) is 5.32 Å². The summed E-state index contributed by atoms with van der Waals surface area (Å²) in [5.41, 5.74) is 0.604. The maximum Gasteiger partial charge on any atom is 0.115 e. The van der Waals surface area contributed by atoms with Crippen molar-refractivity contribution in [3.63, 3.8) is 0 Å². The van der Waals surface area contributed by atoms with E-state index in [9.17, 15) is 10.2 Å². The molecule has 1 unspecified atom stereocenters. The smallest absolute Gasteiger partial charge is 0.115 e. The quantitative estimate of drug-likeness (QED) is 0.749. The van der Waals surface area contributed by atoms with Crippen LogP contribution in [0, 0.1) is 0 Å². The van der Waals surface area contributed by atoms with Crippen LogP contribution in [0.25, 0.3) is 0 Å². The second-order valence-corrected chi connectivity index (χ2v) is 5.16. The molecular weight excluding hydrogens is 214 g/mol. The SMILES string of the molecule is CC(CO)(NC1CCCC1)c1ccc(O)cc1. The van der Waals surface area contributed by atoms with E-state index in [4.69, 9.17) is 0 Å². The van der Waals surface area contributed by atoms with Crippen LogP contribution in [0.3, 0.4) is 0 Å². The molecule has 0 spiro atoms. The van der Waals surface area contributed by atoms with E-state index in [1.807, 2.05) is 19.1 Å². The number of hydrogen-bond acceptors (Lipinski definition) is 3. The summed E-state index contributed by atoms with van der Waals surface area (Å²) in [4.78, 5) is 0. The maximum atomic E-state index is 9.64. The van der Waals surface area contributed by atoms with Gasteiger partial charge in [-0.05, 0) is 37.5 Å². The molecule has 17 heavy (non-hydrogen) atoms. The van der Waals surface area contributed by atoms with Crippen molar-refractivity contribution in [1.29, 1.82) is 0 Å². The molecule has 0 aromatic heterocycles. The highest BCUT2D eigenvalue weighted by atomic mass is 16.3. The number of aliphatic hydroxyl groups excluding tert-OH is 1. The first-order chi connectivity index (χ1) is 8.14. The topological polar surface area (TPSA) is 52.5 Å². The predicted octanol–water partition coefficient (Wildman–Crippen LogP) is 2.13. The lowest BCUT2D eigenvalue weighted by Crippen LogP contribution is -2.47. The third kappa shape index (κ3) is 2.79. The Morgan fingerprint density at radius 1 is 1.24 bits per heavy atom. The lowest BCUT2D eigenvalue weighted by atomic mass is 9.91. The normalized spacial score (nSPS) is 20.4. The average Bonchev–Trinajstić information content (AvgIpc) is 2.82. The van der Waals surface area contributed by atoms with Crippen LogP contribution in [0.15, 0.2) is 24.3 Å². The van der Waals surface area contributed by atoms with Crippen LogP contribution in [0.5, 0.6) is 5.75 Å². The fourth-order valence-corrected chi connectivity index (χ4v) is 2.57. The molecule has 0 radical (unpaired) electrons. The molecule has 0 amide bonds. The van der Waals surface area contributed by atoms with Gasteiger partial charge >= 0.3 is 0 Å². The van der Waals surface area contributed by atoms with Crippen molar-refractivity contribution >= 4 is 0 Å². The van der Waals surface area contributed by atoms with Gasteiger partial charge in [0.05, 0.1) is 12.1 Å². The van der Waals surface area contributed by atoms with E-state index in [1.54, 1.807) is 12.1 Å². The second kappa shape index (κ2) is 5.07. The van der Waals surface area contributed by atoms with Crippen LogP contribution in [0.2, 0.25) is 0 Å². The van der Waals surface area contributed by atoms with Gasteiger partial charge in [-0.1, -0.05) is 25.0 Å². The minimum atomic E-state index is -0.414. The Morgan fingerprint density at radius 2 is 1.82 bits per heavy atom. The van der Waals surface area contributed by atoms with E-state index in [0.717, 1.165) is 5.56 Å². The summed E-state index contributed by atoms with van der Waals surface area (Å²) in [7, 11) is 0. The van der Waals surface area contributed by atoms with E-state index in [1.165, 1.54) is 25.7 Å². The Morgan fingerprint density at radius 3 is 2.35 bits per heavy atom. The molecule has 1 aliphatic carbocycles. The number of phenols is 1. The van der Waals surface area contributed by atoms with Gasteiger partial charge in [0, 0.05) is 6.04 Å². The van der Waals surface area contributed by atoms with Gasteiger partial charge in [-0.3, -0.25) is 0 Å². The van der Waals surface area contributed by atoms with Crippen molar-refractivity contribution in [2.75, 3.05) is 6.61 Å². The molecule has 94 valence electrons. The molecule has 0 saturated heterocycles. The molecule has 1 fully saturated rings. The Balaban J connectivity index is 2.14.